The summed E-state index contributed by atoms with van der Waals surface area (Å²) in [5, 5.41) is 9.04. The average molecular weight is 319 g/mol. The Bertz CT molecular complexity index is 843. The molecule has 24 heavy (non-hydrogen) atoms. The summed E-state index contributed by atoms with van der Waals surface area (Å²) >= 11 is 0. The van der Waals surface area contributed by atoms with Gasteiger partial charge in [-0.2, -0.15) is 0 Å². The topological polar surface area (TPSA) is 59.4 Å². The van der Waals surface area contributed by atoms with E-state index in [2.05, 4.69) is 4.98 Å². The molecule has 1 aromatic heterocycles. The van der Waals surface area contributed by atoms with E-state index in [1.165, 1.54) is 0 Å². The molecule has 0 aliphatic rings. The van der Waals surface area contributed by atoms with Gasteiger partial charge in [0, 0.05) is 11.8 Å². The predicted octanol–water partition coefficient (Wildman–Crippen LogP) is 4.33. The lowest BCUT2D eigenvalue weighted by Crippen LogP contribution is -2.03. The molecule has 4 nitrogen and oxygen atoms in total. The number of hydrogen-bond acceptors (Lipinski definition) is 3. The second-order valence-corrected chi connectivity index (χ2v) is 5.49. The zero-order valence-electron chi connectivity index (χ0n) is 13.3. The second kappa shape index (κ2) is 6.96. The number of aromatic carboxylic acids is 1. The molecule has 1 heterocycles. The second-order valence-electron chi connectivity index (χ2n) is 5.49. The number of pyridine rings is 1. The van der Waals surface area contributed by atoms with Crippen molar-refractivity contribution in [2.24, 2.45) is 0 Å². The fourth-order valence-electron chi connectivity index (χ4n) is 2.44. The Morgan fingerprint density at radius 2 is 1.75 bits per heavy atom. The molecule has 0 atom stereocenters. The molecule has 0 amide bonds. The highest BCUT2D eigenvalue weighted by molar-refractivity contribution is 5.87. The van der Waals surface area contributed by atoms with Gasteiger partial charge in [0.1, 0.15) is 12.4 Å². The summed E-state index contributed by atoms with van der Waals surface area (Å²) in [4.78, 5) is 15.0. The molecule has 0 spiro atoms. The molecular formula is C20H17NO3. The molecule has 0 radical (unpaired) electrons. The third-order valence-corrected chi connectivity index (χ3v) is 3.72. The minimum absolute atomic E-state index is 0.0848. The summed E-state index contributed by atoms with van der Waals surface area (Å²) in [5.74, 6) is -0.224. The minimum atomic E-state index is -1.01. The van der Waals surface area contributed by atoms with E-state index >= 15 is 0 Å². The van der Waals surface area contributed by atoms with E-state index in [0.717, 1.165) is 22.4 Å². The van der Waals surface area contributed by atoms with Gasteiger partial charge >= 0.3 is 5.97 Å². The van der Waals surface area contributed by atoms with Crippen LogP contribution in [0.4, 0.5) is 0 Å². The normalized spacial score (nSPS) is 10.4. The van der Waals surface area contributed by atoms with Crippen LogP contribution in [-0.2, 0) is 6.61 Å². The van der Waals surface area contributed by atoms with E-state index in [9.17, 15) is 4.79 Å². The van der Waals surface area contributed by atoms with Gasteiger partial charge in [-0.25, -0.2) is 9.78 Å². The Hall–Kier alpha value is -3.14. The smallest absolute Gasteiger partial charge is 0.354 e. The number of rotatable bonds is 5. The molecule has 2 aromatic carbocycles. The first-order chi connectivity index (χ1) is 11.6. The number of benzene rings is 2. The van der Waals surface area contributed by atoms with Crippen molar-refractivity contribution >= 4 is 5.97 Å². The maximum atomic E-state index is 11.0. The number of nitrogens with zero attached hydrogens (tertiary/aromatic N) is 1. The highest BCUT2D eigenvalue weighted by atomic mass is 16.5. The summed E-state index contributed by atoms with van der Waals surface area (Å²) in [6.07, 6.45) is 1.58. The maximum absolute atomic E-state index is 11.0. The molecule has 0 fully saturated rings. The van der Waals surface area contributed by atoms with Crippen molar-refractivity contribution < 1.29 is 14.6 Å². The molecule has 4 heteroatoms. The zero-order chi connectivity index (χ0) is 16.9. The van der Waals surface area contributed by atoms with Gasteiger partial charge in [-0.1, -0.05) is 42.5 Å². The van der Waals surface area contributed by atoms with E-state index in [0.29, 0.717) is 12.2 Å². The number of hydrogen-bond donors (Lipinski definition) is 1. The fraction of sp³-hybridized carbons (Fsp3) is 0.100. The van der Waals surface area contributed by atoms with Crippen LogP contribution in [0.5, 0.6) is 5.75 Å². The van der Waals surface area contributed by atoms with Crippen LogP contribution in [0.1, 0.15) is 21.6 Å². The van der Waals surface area contributed by atoms with Crippen molar-refractivity contribution in [2.45, 2.75) is 13.5 Å². The number of ether oxygens (including phenoxy) is 1. The van der Waals surface area contributed by atoms with Crippen LogP contribution in [0, 0.1) is 6.92 Å². The van der Waals surface area contributed by atoms with Gasteiger partial charge in [0.25, 0.3) is 0 Å². The van der Waals surface area contributed by atoms with Crippen LogP contribution in [-0.4, -0.2) is 16.1 Å². The largest absolute Gasteiger partial charge is 0.489 e. The van der Waals surface area contributed by atoms with E-state index in [1.54, 1.807) is 13.1 Å². The fourth-order valence-corrected chi connectivity index (χ4v) is 2.44. The van der Waals surface area contributed by atoms with Crippen molar-refractivity contribution in [3.63, 3.8) is 0 Å². The molecule has 1 N–H and O–H groups in total. The lowest BCUT2D eigenvalue weighted by Gasteiger charge is -2.08. The van der Waals surface area contributed by atoms with Crippen molar-refractivity contribution in [2.75, 3.05) is 0 Å². The van der Waals surface area contributed by atoms with Gasteiger partial charge in [-0.3, -0.25) is 0 Å². The first-order valence-corrected chi connectivity index (χ1v) is 7.60. The van der Waals surface area contributed by atoms with Gasteiger partial charge in [-0.05, 0) is 41.8 Å². The van der Waals surface area contributed by atoms with E-state index in [1.807, 2.05) is 60.7 Å². The molecule has 0 aliphatic carbocycles. The summed E-state index contributed by atoms with van der Waals surface area (Å²) in [7, 11) is 0. The highest BCUT2D eigenvalue weighted by Gasteiger charge is 2.10. The van der Waals surface area contributed by atoms with Crippen molar-refractivity contribution in [1.29, 1.82) is 0 Å². The van der Waals surface area contributed by atoms with Crippen LogP contribution >= 0.6 is 0 Å². The molecule has 0 bridgehead atoms. The molecule has 120 valence electrons. The SMILES string of the molecule is Cc1cc(-c2ccc(OCc3ccccc3)cc2)cnc1C(=O)O. The van der Waals surface area contributed by atoms with Crippen LogP contribution < -0.4 is 4.74 Å². The van der Waals surface area contributed by atoms with Gasteiger partial charge in [0.2, 0.25) is 0 Å². The van der Waals surface area contributed by atoms with Crippen LogP contribution in [0.3, 0.4) is 0 Å². The number of carbonyl (C=O) groups is 1. The number of aryl methyl sites for hydroxylation is 1. The first kappa shape index (κ1) is 15.7. The molecule has 3 aromatic rings. The monoisotopic (exact) mass is 319 g/mol. The van der Waals surface area contributed by atoms with E-state index in [4.69, 9.17) is 9.84 Å². The maximum Gasteiger partial charge on any atom is 0.354 e. The van der Waals surface area contributed by atoms with Gasteiger partial charge in [0.05, 0.1) is 0 Å². The lowest BCUT2D eigenvalue weighted by molar-refractivity contribution is 0.0689. The molecule has 3 rings (SSSR count). The quantitative estimate of drug-likeness (QED) is 0.760. The van der Waals surface area contributed by atoms with Crippen LogP contribution in [0.2, 0.25) is 0 Å². The average Bonchev–Trinajstić information content (AvgIpc) is 2.61. The third-order valence-electron chi connectivity index (χ3n) is 3.72. The lowest BCUT2D eigenvalue weighted by atomic mass is 10.0. The molecule has 0 aliphatic heterocycles. The van der Waals surface area contributed by atoms with Gasteiger partial charge in [-0.15, -0.1) is 0 Å². The van der Waals surface area contributed by atoms with Gasteiger partial charge in [0.15, 0.2) is 5.69 Å². The summed E-state index contributed by atoms with van der Waals surface area (Å²) in [6, 6.07) is 19.5. The van der Waals surface area contributed by atoms with Crippen molar-refractivity contribution in [3.8, 4) is 16.9 Å². The summed E-state index contributed by atoms with van der Waals surface area (Å²) < 4.78 is 5.76. The standard InChI is InChI=1S/C20H17NO3/c1-14-11-17(12-21-19(14)20(22)23)16-7-9-18(10-8-16)24-13-15-5-3-2-4-6-15/h2-12H,13H2,1H3,(H,22,23). The van der Waals surface area contributed by atoms with Crippen LogP contribution in [0.15, 0.2) is 66.9 Å². The summed E-state index contributed by atoms with van der Waals surface area (Å²) in [6.45, 7) is 2.27. The summed E-state index contributed by atoms with van der Waals surface area (Å²) in [5.41, 5.74) is 3.69. The predicted molar refractivity (Wildman–Crippen MR) is 92.1 cm³/mol. The Morgan fingerprint density at radius 3 is 2.38 bits per heavy atom. The Morgan fingerprint density at radius 1 is 1.04 bits per heavy atom. The first-order valence-electron chi connectivity index (χ1n) is 7.60. The van der Waals surface area contributed by atoms with E-state index in [-0.39, 0.29) is 5.69 Å². The Labute approximate surface area is 140 Å². The third kappa shape index (κ3) is 3.60. The number of carboxylic acid groups (broad SMARTS) is 1. The Kier molecular flexibility index (Phi) is 4.57. The molecule has 0 unspecified atom stereocenters. The zero-order valence-corrected chi connectivity index (χ0v) is 13.3. The van der Waals surface area contributed by atoms with Crippen molar-refractivity contribution in [3.05, 3.63) is 83.7 Å². The van der Waals surface area contributed by atoms with Crippen molar-refractivity contribution in [1.82, 2.24) is 4.98 Å². The van der Waals surface area contributed by atoms with Crippen LogP contribution in [0.25, 0.3) is 11.1 Å². The molecular weight excluding hydrogens is 302 g/mol. The highest BCUT2D eigenvalue weighted by Crippen LogP contribution is 2.24. The Balaban J connectivity index is 1.72. The van der Waals surface area contributed by atoms with E-state index < -0.39 is 5.97 Å². The van der Waals surface area contributed by atoms with Gasteiger partial charge < -0.3 is 9.84 Å². The number of aromatic nitrogens is 1. The molecule has 0 saturated carbocycles. The minimum Gasteiger partial charge on any atom is -0.489 e. The molecule has 0 saturated heterocycles. The number of carboxylic acids is 1.